The second kappa shape index (κ2) is 5.77. The fraction of sp³-hybridized carbons (Fsp3) is 0.600. The second-order valence-corrected chi connectivity index (χ2v) is 6.21. The quantitative estimate of drug-likeness (QED) is 0.837. The van der Waals surface area contributed by atoms with E-state index in [9.17, 15) is 4.79 Å². The van der Waals surface area contributed by atoms with E-state index in [2.05, 4.69) is 20.3 Å². The van der Waals surface area contributed by atoms with E-state index in [0.29, 0.717) is 37.2 Å². The summed E-state index contributed by atoms with van der Waals surface area (Å²) in [5.74, 6) is 2.13. The SMILES string of the molecule is Cc1cc(C(=O)N2CCN(Cc3nnc(C4CC4)o3)CC2)on1. The minimum absolute atomic E-state index is 0.0981. The summed E-state index contributed by atoms with van der Waals surface area (Å²) in [5.41, 5.74) is 0.717. The van der Waals surface area contributed by atoms with Crippen molar-refractivity contribution in [3.05, 3.63) is 29.3 Å². The van der Waals surface area contributed by atoms with Gasteiger partial charge in [-0.1, -0.05) is 5.16 Å². The lowest BCUT2D eigenvalue weighted by Crippen LogP contribution is -2.48. The van der Waals surface area contributed by atoms with Crippen molar-refractivity contribution >= 4 is 5.91 Å². The number of nitrogens with zero attached hydrogens (tertiary/aromatic N) is 5. The molecule has 1 amide bonds. The zero-order valence-electron chi connectivity index (χ0n) is 13.1. The predicted octanol–water partition coefficient (Wildman–Crippen LogP) is 1.20. The van der Waals surface area contributed by atoms with Crippen molar-refractivity contribution in [1.29, 1.82) is 0 Å². The third kappa shape index (κ3) is 3.12. The molecule has 1 saturated heterocycles. The van der Waals surface area contributed by atoms with Gasteiger partial charge in [0.1, 0.15) is 0 Å². The molecular weight excluding hydrogens is 298 g/mol. The molecule has 1 aliphatic heterocycles. The number of rotatable bonds is 4. The topological polar surface area (TPSA) is 88.5 Å². The molecule has 0 aromatic carbocycles. The molecule has 0 atom stereocenters. The lowest BCUT2D eigenvalue weighted by atomic mass is 10.2. The van der Waals surface area contributed by atoms with Crippen LogP contribution in [0.3, 0.4) is 0 Å². The van der Waals surface area contributed by atoms with Gasteiger partial charge in [-0.05, 0) is 19.8 Å². The van der Waals surface area contributed by atoms with Crippen LogP contribution in [0.4, 0.5) is 0 Å². The first-order valence-electron chi connectivity index (χ1n) is 7.96. The molecule has 2 aliphatic rings. The molecule has 2 fully saturated rings. The van der Waals surface area contributed by atoms with Gasteiger partial charge in [0.25, 0.3) is 5.91 Å². The van der Waals surface area contributed by atoms with Crippen LogP contribution in [0.1, 0.15) is 46.8 Å². The van der Waals surface area contributed by atoms with Gasteiger partial charge in [-0.3, -0.25) is 9.69 Å². The number of hydrogen-bond acceptors (Lipinski definition) is 7. The first-order chi connectivity index (χ1) is 11.2. The van der Waals surface area contributed by atoms with Crippen LogP contribution in [-0.4, -0.2) is 57.2 Å². The highest BCUT2D eigenvalue weighted by molar-refractivity contribution is 5.91. The Morgan fingerprint density at radius 1 is 1.26 bits per heavy atom. The van der Waals surface area contributed by atoms with E-state index in [1.54, 1.807) is 17.9 Å². The summed E-state index contributed by atoms with van der Waals surface area (Å²) in [6.07, 6.45) is 2.31. The summed E-state index contributed by atoms with van der Waals surface area (Å²) in [6, 6.07) is 1.67. The van der Waals surface area contributed by atoms with Gasteiger partial charge in [0.2, 0.25) is 17.5 Å². The van der Waals surface area contributed by atoms with E-state index in [1.807, 2.05) is 0 Å². The maximum Gasteiger partial charge on any atom is 0.292 e. The fourth-order valence-electron chi connectivity index (χ4n) is 2.75. The monoisotopic (exact) mass is 317 g/mol. The third-order valence-electron chi connectivity index (χ3n) is 4.27. The standard InChI is InChI=1S/C15H19N5O3/c1-10-8-12(23-18-10)15(21)20-6-4-19(5-7-20)9-13-16-17-14(22-13)11-2-3-11/h8,11H,2-7,9H2,1H3. The highest BCUT2D eigenvalue weighted by Gasteiger charge is 2.30. The van der Waals surface area contributed by atoms with Crippen LogP contribution >= 0.6 is 0 Å². The Kier molecular flexibility index (Phi) is 3.60. The summed E-state index contributed by atoms with van der Waals surface area (Å²) in [4.78, 5) is 16.3. The van der Waals surface area contributed by atoms with Gasteiger partial charge in [-0.15, -0.1) is 10.2 Å². The van der Waals surface area contributed by atoms with Gasteiger partial charge in [-0.25, -0.2) is 0 Å². The number of aromatic nitrogens is 3. The zero-order chi connectivity index (χ0) is 15.8. The molecule has 23 heavy (non-hydrogen) atoms. The largest absolute Gasteiger partial charge is 0.424 e. The van der Waals surface area contributed by atoms with Crippen molar-refractivity contribution in [3.8, 4) is 0 Å². The number of hydrogen-bond donors (Lipinski definition) is 0. The van der Waals surface area contributed by atoms with Crippen molar-refractivity contribution in [2.24, 2.45) is 0 Å². The number of piperazine rings is 1. The Bertz CT molecular complexity index is 698. The molecule has 122 valence electrons. The molecule has 2 aromatic heterocycles. The van der Waals surface area contributed by atoms with Crippen molar-refractivity contribution in [1.82, 2.24) is 25.2 Å². The van der Waals surface area contributed by atoms with Gasteiger partial charge in [0.15, 0.2) is 0 Å². The maximum atomic E-state index is 12.3. The molecule has 0 bridgehead atoms. The predicted molar refractivity (Wildman–Crippen MR) is 78.7 cm³/mol. The highest BCUT2D eigenvalue weighted by atomic mass is 16.5. The second-order valence-electron chi connectivity index (χ2n) is 6.21. The molecule has 0 radical (unpaired) electrons. The van der Waals surface area contributed by atoms with E-state index in [-0.39, 0.29) is 5.91 Å². The Hall–Kier alpha value is -2.22. The lowest BCUT2D eigenvalue weighted by Gasteiger charge is -2.33. The first-order valence-corrected chi connectivity index (χ1v) is 7.96. The average Bonchev–Trinajstić information content (AvgIpc) is 3.16. The number of aryl methyl sites for hydroxylation is 1. The Morgan fingerprint density at radius 3 is 2.70 bits per heavy atom. The van der Waals surface area contributed by atoms with Gasteiger partial charge < -0.3 is 13.8 Å². The molecule has 0 spiro atoms. The van der Waals surface area contributed by atoms with Crippen molar-refractivity contribution in [2.75, 3.05) is 26.2 Å². The Balaban J connectivity index is 1.30. The Morgan fingerprint density at radius 2 is 2.04 bits per heavy atom. The van der Waals surface area contributed by atoms with Crippen LogP contribution in [0.5, 0.6) is 0 Å². The zero-order valence-corrected chi connectivity index (χ0v) is 13.1. The molecule has 2 aromatic rings. The summed E-state index contributed by atoms with van der Waals surface area (Å²) in [5, 5.41) is 12.0. The van der Waals surface area contributed by atoms with Gasteiger partial charge >= 0.3 is 0 Å². The van der Waals surface area contributed by atoms with Gasteiger partial charge in [0, 0.05) is 38.2 Å². The molecule has 0 N–H and O–H groups in total. The summed E-state index contributed by atoms with van der Waals surface area (Å²) in [7, 11) is 0. The molecular formula is C15H19N5O3. The van der Waals surface area contributed by atoms with Crippen LogP contribution in [0, 0.1) is 6.92 Å². The molecule has 1 saturated carbocycles. The minimum Gasteiger partial charge on any atom is -0.424 e. The van der Waals surface area contributed by atoms with Crippen LogP contribution in [-0.2, 0) is 6.54 Å². The molecule has 4 rings (SSSR count). The van der Waals surface area contributed by atoms with E-state index in [0.717, 1.165) is 37.5 Å². The minimum atomic E-state index is -0.0981. The Labute approximate surface area is 133 Å². The third-order valence-corrected chi connectivity index (χ3v) is 4.27. The van der Waals surface area contributed by atoms with E-state index >= 15 is 0 Å². The van der Waals surface area contributed by atoms with Crippen LogP contribution < -0.4 is 0 Å². The first kappa shape index (κ1) is 14.4. The molecule has 1 aliphatic carbocycles. The van der Waals surface area contributed by atoms with Crippen molar-refractivity contribution < 1.29 is 13.7 Å². The van der Waals surface area contributed by atoms with Gasteiger partial charge in [-0.2, -0.15) is 0 Å². The molecule has 8 heteroatoms. The number of carbonyl (C=O) groups excluding carboxylic acids is 1. The van der Waals surface area contributed by atoms with E-state index in [1.165, 1.54) is 0 Å². The average molecular weight is 317 g/mol. The van der Waals surface area contributed by atoms with E-state index < -0.39 is 0 Å². The summed E-state index contributed by atoms with van der Waals surface area (Å²) < 4.78 is 10.7. The van der Waals surface area contributed by atoms with Crippen LogP contribution in [0.15, 0.2) is 15.0 Å². The van der Waals surface area contributed by atoms with Crippen LogP contribution in [0.2, 0.25) is 0 Å². The normalized spacial score (nSPS) is 19.3. The number of carbonyl (C=O) groups is 1. The molecule has 8 nitrogen and oxygen atoms in total. The lowest BCUT2D eigenvalue weighted by molar-refractivity contribution is 0.0578. The molecule has 0 unspecified atom stereocenters. The number of amides is 1. The summed E-state index contributed by atoms with van der Waals surface area (Å²) in [6.45, 7) is 5.31. The molecule has 3 heterocycles. The van der Waals surface area contributed by atoms with Crippen molar-refractivity contribution in [2.45, 2.75) is 32.2 Å². The van der Waals surface area contributed by atoms with Crippen LogP contribution in [0.25, 0.3) is 0 Å². The van der Waals surface area contributed by atoms with Crippen molar-refractivity contribution in [3.63, 3.8) is 0 Å². The summed E-state index contributed by atoms with van der Waals surface area (Å²) >= 11 is 0. The van der Waals surface area contributed by atoms with Gasteiger partial charge in [0.05, 0.1) is 12.2 Å². The smallest absolute Gasteiger partial charge is 0.292 e. The maximum absolute atomic E-state index is 12.3. The highest BCUT2D eigenvalue weighted by Crippen LogP contribution is 2.39. The van der Waals surface area contributed by atoms with E-state index in [4.69, 9.17) is 8.94 Å². The fourth-order valence-corrected chi connectivity index (χ4v) is 2.75.